The van der Waals surface area contributed by atoms with Gasteiger partial charge in [0.05, 0.1) is 0 Å². The van der Waals surface area contributed by atoms with E-state index in [4.69, 9.17) is 5.73 Å². The summed E-state index contributed by atoms with van der Waals surface area (Å²) in [5.41, 5.74) is 9.40. The second-order valence-corrected chi connectivity index (χ2v) is 3.21. The minimum Gasteiger partial charge on any atom is -0.404 e. The Morgan fingerprint density at radius 2 is 2.31 bits per heavy atom. The highest BCUT2D eigenvalue weighted by Gasteiger charge is 2.06. The Kier molecular flexibility index (Phi) is 3.56. The van der Waals surface area contributed by atoms with Crippen LogP contribution in [0.3, 0.4) is 0 Å². The topological polar surface area (TPSA) is 26.0 Å². The summed E-state index contributed by atoms with van der Waals surface area (Å²) in [5.74, 6) is 0. The molecule has 2 N–H and O–H groups in total. The molecule has 1 aliphatic rings. The molecule has 1 rings (SSSR count). The average molecular weight is 175 g/mol. The normalized spacial score (nSPS) is 18.8. The third-order valence-electron chi connectivity index (χ3n) is 2.38. The summed E-state index contributed by atoms with van der Waals surface area (Å²) in [5, 5.41) is 0. The summed E-state index contributed by atoms with van der Waals surface area (Å²) in [6.07, 6.45) is 12.5. The first-order chi connectivity index (χ1) is 6.29. The maximum Gasteiger partial charge on any atom is 0.00168 e. The van der Waals surface area contributed by atoms with Crippen molar-refractivity contribution < 1.29 is 0 Å². The van der Waals surface area contributed by atoms with Gasteiger partial charge in [0, 0.05) is 6.20 Å². The Labute approximate surface area is 80.3 Å². The molecule has 70 valence electrons. The molecular weight excluding hydrogens is 158 g/mol. The second kappa shape index (κ2) is 4.70. The highest BCUT2D eigenvalue weighted by Crippen LogP contribution is 2.24. The van der Waals surface area contributed by atoms with E-state index in [1.807, 2.05) is 6.92 Å². The molecule has 0 radical (unpaired) electrons. The molecule has 0 fully saturated rings. The van der Waals surface area contributed by atoms with Crippen molar-refractivity contribution in [1.29, 1.82) is 0 Å². The fraction of sp³-hybridized carbons (Fsp3) is 0.333. The van der Waals surface area contributed by atoms with Gasteiger partial charge in [-0.2, -0.15) is 0 Å². The lowest BCUT2D eigenvalue weighted by Crippen LogP contribution is -1.97. The molecule has 0 saturated carbocycles. The molecule has 0 atom stereocenters. The molecule has 0 spiro atoms. The van der Waals surface area contributed by atoms with E-state index in [1.54, 1.807) is 6.20 Å². The smallest absolute Gasteiger partial charge is 0.00168 e. The summed E-state index contributed by atoms with van der Waals surface area (Å²) < 4.78 is 0. The first kappa shape index (κ1) is 9.85. The predicted octanol–water partition coefficient (Wildman–Crippen LogP) is 3.07. The van der Waals surface area contributed by atoms with Crippen LogP contribution in [0.2, 0.25) is 0 Å². The molecule has 1 nitrogen and oxygen atoms in total. The Balaban J connectivity index is 2.91. The van der Waals surface area contributed by atoms with Crippen molar-refractivity contribution >= 4 is 0 Å². The quantitative estimate of drug-likeness (QED) is 0.641. The Bertz CT molecular complexity index is 290. The Morgan fingerprint density at radius 1 is 1.54 bits per heavy atom. The van der Waals surface area contributed by atoms with Crippen LogP contribution < -0.4 is 5.73 Å². The van der Waals surface area contributed by atoms with Crippen LogP contribution in [-0.2, 0) is 0 Å². The van der Waals surface area contributed by atoms with Crippen LogP contribution in [0, 0.1) is 0 Å². The number of hydrogen-bond acceptors (Lipinski definition) is 1. The van der Waals surface area contributed by atoms with Crippen molar-refractivity contribution in [3.05, 3.63) is 47.2 Å². The molecule has 0 aromatic carbocycles. The third kappa shape index (κ3) is 2.35. The molecule has 0 bridgehead atoms. The Morgan fingerprint density at radius 3 is 2.77 bits per heavy atom. The summed E-state index contributed by atoms with van der Waals surface area (Å²) in [6.45, 7) is 4.13. The van der Waals surface area contributed by atoms with Gasteiger partial charge in [-0.15, -0.1) is 0 Å². The van der Waals surface area contributed by atoms with Gasteiger partial charge in [-0.1, -0.05) is 24.3 Å². The highest BCUT2D eigenvalue weighted by atomic mass is 14.5. The third-order valence-corrected chi connectivity index (χ3v) is 2.38. The van der Waals surface area contributed by atoms with Crippen molar-refractivity contribution in [1.82, 2.24) is 0 Å². The zero-order chi connectivity index (χ0) is 9.68. The van der Waals surface area contributed by atoms with Gasteiger partial charge in [0.1, 0.15) is 0 Å². The van der Waals surface area contributed by atoms with Gasteiger partial charge in [-0.25, -0.2) is 0 Å². The van der Waals surface area contributed by atoms with Crippen LogP contribution in [0.15, 0.2) is 47.2 Å². The van der Waals surface area contributed by atoms with Gasteiger partial charge in [0.2, 0.25) is 0 Å². The molecule has 0 aliphatic heterocycles. The summed E-state index contributed by atoms with van der Waals surface area (Å²) >= 11 is 0. The monoisotopic (exact) mass is 175 g/mol. The molecule has 1 aliphatic carbocycles. The molecule has 0 saturated heterocycles. The van der Waals surface area contributed by atoms with Crippen molar-refractivity contribution in [3.8, 4) is 0 Å². The van der Waals surface area contributed by atoms with Crippen LogP contribution in [0.25, 0.3) is 0 Å². The van der Waals surface area contributed by atoms with Crippen LogP contribution in [0.4, 0.5) is 0 Å². The SMILES string of the molecule is C/C=C(C)\C(=C/N)C1=CC=CCC1. The van der Waals surface area contributed by atoms with Gasteiger partial charge in [-0.3, -0.25) is 0 Å². The largest absolute Gasteiger partial charge is 0.404 e. The molecule has 0 heterocycles. The van der Waals surface area contributed by atoms with E-state index in [1.165, 1.54) is 16.7 Å². The van der Waals surface area contributed by atoms with E-state index < -0.39 is 0 Å². The molecular formula is C12H17N. The standard InChI is InChI=1S/C12H17N/c1-3-10(2)12(9-13)11-7-5-4-6-8-11/h3-5,7,9H,6,8,13H2,1-2H3/b10-3-,12-9+. The molecule has 13 heavy (non-hydrogen) atoms. The van der Waals surface area contributed by atoms with Gasteiger partial charge < -0.3 is 5.73 Å². The Hall–Kier alpha value is -1.24. The number of allylic oxidation sites excluding steroid dienone is 7. The lowest BCUT2D eigenvalue weighted by Gasteiger charge is -2.13. The minimum absolute atomic E-state index is 1.10. The zero-order valence-electron chi connectivity index (χ0n) is 8.38. The fourth-order valence-corrected chi connectivity index (χ4v) is 1.47. The molecule has 0 amide bonds. The summed E-state index contributed by atoms with van der Waals surface area (Å²) in [6, 6.07) is 0. The second-order valence-electron chi connectivity index (χ2n) is 3.21. The first-order valence-corrected chi connectivity index (χ1v) is 4.71. The van der Waals surface area contributed by atoms with Gasteiger partial charge in [0.15, 0.2) is 0 Å². The minimum atomic E-state index is 1.10. The van der Waals surface area contributed by atoms with E-state index in [0.717, 1.165) is 12.8 Å². The van der Waals surface area contributed by atoms with Crippen molar-refractivity contribution in [3.63, 3.8) is 0 Å². The van der Waals surface area contributed by atoms with Crippen molar-refractivity contribution in [2.75, 3.05) is 0 Å². The van der Waals surface area contributed by atoms with Crippen LogP contribution in [-0.4, -0.2) is 0 Å². The lowest BCUT2D eigenvalue weighted by atomic mass is 9.93. The lowest BCUT2D eigenvalue weighted by molar-refractivity contribution is 0.968. The van der Waals surface area contributed by atoms with E-state index in [9.17, 15) is 0 Å². The highest BCUT2D eigenvalue weighted by molar-refractivity contribution is 5.47. The maximum absolute atomic E-state index is 5.61. The predicted molar refractivity (Wildman–Crippen MR) is 58.2 cm³/mol. The fourth-order valence-electron chi connectivity index (χ4n) is 1.47. The van der Waals surface area contributed by atoms with Crippen molar-refractivity contribution in [2.45, 2.75) is 26.7 Å². The molecule has 0 aromatic rings. The van der Waals surface area contributed by atoms with Crippen LogP contribution >= 0.6 is 0 Å². The van der Waals surface area contributed by atoms with Crippen molar-refractivity contribution in [2.24, 2.45) is 5.73 Å². The number of rotatable bonds is 2. The number of nitrogens with two attached hydrogens (primary N) is 1. The van der Waals surface area contributed by atoms with E-state index in [0.29, 0.717) is 0 Å². The van der Waals surface area contributed by atoms with E-state index >= 15 is 0 Å². The molecule has 0 aromatic heterocycles. The average Bonchev–Trinajstić information content (AvgIpc) is 2.20. The van der Waals surface area contributed by atoms with Crippen LogP contribution in [0.5, 0.6) is 0 Å². The first-order valence-electron chi connectivity index (χ1n) is 4.71. The molecule has 0 unspecified atom stereocenters. The zero-order valence-corrected chi connectivity index (χ0v) is 8.38. The van der Waals surface area contributed by atoms with Gasteiger partial charge in [0.25, 0.3) is 0 Å². The van der Waals surface area contributed by atoms with Gasteiger partial charge >= 0.3 is 0 Å². The maximum atomic E-state index is 5.61. The number of hydrogen-bond donors (Lipinski definition) is 1. The molecule has 1 heteroatoms. The van der Waals surface area contributed by atoms with Crippen LogP contribution in [0.1, 0.15) is 26.7 Å². The van der Waals surface area contributed by atoms with E-state index in [2.05, 4.69) is 31.2 Å². The van der Waals surface area contributed by atoms with E-state index in [-0.39, 0.29) is 0 Å². The summed E-state index contributed by atoms with van der Waals surface area (Å²) in [7, 11) is 0. The van der Waals surface area contributed by atoms with Gasteiger partial charge in [-0.05, 0) is 43.4 Å². The summed E-state index contributed by atoms with van der Waals surface area (Å²) in [4.78, 5) is 0.